The molecule has 1 aliphatic rings. The molecule has 0 aromatic rings. The maximum Gasteiger partial charge on any atom is 0.236 e. The van der Waals surface area contributed by atoms with Crippen LogP contribution in [0.15, 0.2) is 0 Å². The van der Waals surface area contributed by atoms with Crippen LogP contribution in [0.2, 0.25) is 0 Å². The van der Waals surface area contributed by atoms with Crippen molar-refractivity contribution in [1.29, 1.82) is 0 Å². The molecular formula is C14H28N2O. The molecule has 0 bridgehead atoms. The van der Waals surface area contributed by atoms with Gasteiger partial charge in [-0.2, -0.15) is 0 Å². The molecule has 3 nitrogen and oxygen atoms in total. The predicted octanol–water partition coefficient (Wildman–Crippen LogP) is 2.45. The van der Waals surface area contributed by atoms with Crippen molar-refractivity contribution in [3.63, 3.8) is 0 Å². The molecule has 0 spiro atoms. The summed E-state index contributed by atoms with van der Waals surface area (Å²) in [5, 5.41) is 2.96. The Balaban J connectivity index is 2.09. The second-order valence-electron chi connectivity index (χ2n) is 5.60. The van der Waals surface area contributed by atoms with Gasteiger partial charge < -0.3 is 11.1 Å². The highest BCUT2D eigenvalue weighted by Gasteiger charge is 2.18. The summed E-state index contributed by atoms with van der Waals surface area (Å²) in [5.74, 6) is 1.74. The van der Waals surface area contributed by atoms with E-state index < -0.39 is 0 Å². The first-order chi connectivity index (χ1) is 8.13. The lowest BCUT2D eigenvalue weighted by molar-refractivity contribution is -0.122. The third-order valence-electron chi connectivity index (χ3n) is 3.92. The highest BCUT2D eigenvalue weighted by Crippen LogP contribution is 2.29. The lowest BCUT2D eigenvalue weighted by Crippen LogP contribution is -2.41. The molecular weight excluding hydrogens is 212 g/mol. The van der Waals surface area contributed by atoms with Crippen LogP contribution in [0.3, 0.4) is 0 Å². The Bertz CT molecular complexity index is 222. The van der Waals surface area contributed by atoms with Crippen molar-refractivity contribution in [2.24, 2.45) is 17.6 Å². The SMILES string of the molecule is CCC[C@@H](N)C(=O)NCCC1CCC(C)CC1. The van der Waals surface area contributed by atoms with Crippen molar-refractivity contribution < 1.29 is 4.79 Å². The summed E-state index contributed by atoms with van der Waals surface area (Å²) in [7, 11) is 0. The lowest BCUT2D eigenvalue weighted by Gasteiger charge is -2.26. The fourth-order valence-corrected chi connectivity index (χ4v) is 2.59. The van der Waals surface area contributed by atoms with E-state index in [4.69, 9.17) is 5.73 Å². The maximum atomic E-state index is 11.6. The van der Waals surface area contributed by atoms with E-state index in [9.17, 15) is 4.79 Å². The average molecular weight is 240 g/mol. The van der Waals surface area contributed by atoms with Gasteiger partial charge >= 0.3 is 0 Å². The molecule has 17 heavy (non-hydrogen) atoms. The van der Waals surface area contributed by atoms with Gasteiger partial charge in [-0.05, 0) is 24.7 Å². The van der Waals surface area contributed by atoms with E-state index in [0.717, 1.165) is 37.6 Å². The van der Waals surface area contributed by atoms with E-state index in [-0.39, 0.29) is 11.9 Å². The summed E-state index contributed by atoms with van der Waals surface area (Å²) in [4.78, 5) is 11.6. The second-order valence-corrected chi connectivity index (χ2v) is 5.60. The minimum Gasteiger partial charge on any atom is -0.355 e. The number of nitrogens with two attached hydrogens (primary N) is 1. The number of hydrogen-bond acceptors (Lipinski definition) is 2. The summed E-state index contributed by atoms with van der Waals surface area (Å²) in [5.41, 5.74) is 5.75. The standard InChI is InChI=1S/C14H28N2O/c1-3-4-13(15)14(17)16-10-9-12-7-5-11(2)6-8-12/h11-13H,3-10,15H2,1-2H3,(H,16,17)/t11?,12?,13-/m1/s1. The highest BCUT2D eigenvalue weighted by atomic mass is 16.2. The van der Waals surface area contributed by atoms with E-state index in [2.05, 4.69) is 19.2 Å². The van der Waals surface area contributed by atoms with Crippen molar-refractivity contribution in [3.05, 3.63) is 0 Å². The third-order valence-corrected chi connectivity index (χ3v) is 3.92. The third kappa shape index (κ3) is 5.53. The van der Waals surface area contributed by atoms with Crippen LogP contribution in [0.4, 0.5) is 0 Å². The molecule has 100 valence electrons. The Hall–Kier alpha value is -0.570. The summed E-state index contributed by atoms with van der Waals surface area (Å²) < 4.78 is 0. The van der Waals surface area contributed by atoms with Crippen LogP contribution in [-0.2, 0) is 4.79 Å². The van der Waals surface area contributed by atoms with Crippen LogP contribution >= 0.6 is 0 Å². The first-order valence-corrected chi connectivity index (χ1v) is 7.16. The van der Waals surface area contributed by atoms with Crippen LogP contribution in [0, 0.1) is 11.8 Å². The molecule has 0 saturated heterocycles. The van der Waals surface area contributed by atoms with Crippen LogP contribution in [0.5, 0.6) is 0 Å². The Morgan fingerprint density at radius 2 is 2.00 bits per heavy atom. The largest absolute Gasteiger partial charge is 0.355 e. The van der Waals surface area contributed by atoms with Gasteiger partial charge in [-0.15, -0.1) is 0 Å². The van der Waals surface area contributed by atoms with E-state index in [1.165, 1.54) is 25.7 Å². The van der Waals surface area contributed by atoms with E-state index in [0.29, 0.717) is 0 Å². The van der Waals surface area contributed by atoms with Gasteiger partial charge in [0.2, 0.25) is 5.91 Å². The number of hydrogen-bond donors (Lipinski definition) is 2. The van der Waals surface area contributed by atoms with Crippen molar-refractivity contribution in [2.45, 2.75) is 64.8 Å². The first kappa shape index (κ1) is 14.5. The second kappa shape index (κ2) is 7.70. The maximum absolute atomic E-state index is 11.6. The smallest absolute Gasteiger partial charge is 0.236 e. The summed E-state index contributed by atoms with van der Waals surface area (Å²) in [6, 6.07) is -0.314. The quantitative estimate of drug-likeness (QED) is 0.749. The normalized spacial score (nSPS) is 26.5. The molecule has 0 radical (unpaired) electrons. The monoisotopic (exact) mass is 240 g/mol. The number of amides is 1. The fourth-order valence-electron chi connectivity index (χ4n) is 2.59. The topological polar surface area (TPSA) is 55.1 Å². The van der Waals surface area contributed by atoms with Gasteiger partial charge in [0.25, 0.3) is 0 Å². The first-order valence-electron chi connectivity index (χ1n) is 7.16. The molecule has 0 aromatic heterocycles. The molecule has 1 rings (SSSR count). The average Bonchev–Trinajstić information content (AvgIpc) is 2.32. The van der Waals surface area contributed by atoms with Crippen LogP contribution < -0.4 is 11.1 Å². The molecule has 3 heteroatoms. The molecule has 0 aromatic carbocycles. The van der Waals surface area contributed by atoms with Crippen LogP contribution in [0.25, 0.3) is 0 Å². The summed E-state index contributed by atoms with van der Waals surface area (Å²) in [6.07, 6.45) is 8.25. The molecule has 0 heterocycles. The molecule has 1 fully saturated rings. The highest BCUT2D eigenvalue weighted by molar-refractivity contribution is 5.81. The Morgan fingerprint density at radius 3 is 2.59 bits per heavy atom. The van der Waals surface area contributed by atoms with Crippen LogP contribution in [0.1, 0.15) is 58.8 Å². The van der Waals surface area contributed by atoms with Crippen molar-refractivity contribution >= 4 is 5.91 Å². The van der Waals surface area contributed by atoms with Gasteiger partial charge in [0.1, 0.15) is 0 Å². The zero-order valence-electron chi connectivity index (χ0n) is 11.4. The van der Waals surface area contributed by atoms with Gasteiger partial charge in [0.15, 0.2) is 0 Å². The fraction of sp³-hybridized carbons (Fsp3) is 0.929. The van der Waals surface area contributed by atoms with Gasteiger partial charge in [0, 0.05) is 6.54 Å². The van der Waals surface area contributed by atoms with Gasteiger partial charge in [-0.3, -0.25) is 4.79 Å². The number of carbonyl (C=O) groups excluding carboxylic acids is 1. The van der Waals surface area contributed by atoms with Gasteiger partial charge in [-0.25, -0.2) is 0 Å². The molecule has 1 amide bonds. The van der Waals surface area contributed by atoms with Crippen molar-refractivity contribution in [1.82, 2.24) is 5.32 Å². The molecule has 1 saturated carbocycles. The molecule has 0 unspecified atom stereocenters. The minimum atomic E-state index is -0.314. The number of rotatable bonds is 6. The lowest BCUT2D eigenvalue weighted by atomic mass is 9.81. The summed E-state index contributed by atoms with van der Waals surface area (Å²) in [6.45, 7) is 5.19. The van der Waals surface area contributed by atoms with Crippen LogP contribution in [-0.4, -0.2) is 18.5 Å². The van der Waals surface area contributed by atoms with Crippen molar-refractivity contribution in [2.75, 3.05) is 6.54 Å². The van der Waals surface area contributed by atoms with E-state index in [1.54, 1.807) is 0 Å². The Labute approximate surface area is 106 Å². The number of carbonyl (C=O) groups is 1. The van der Waals surface area contributed by atoms with E-state index >= 15 is 0 Å². The van der Waals surface area contributed by atoms with Crippen molar-refractivity contribution in [3.8, 4) is 0 Å². The minimum absolute atomic E-state index is 0.0241. The predicted molar refractivity (Wildman–Crippen MR) is 71.6 cm³/mol. The number of nitrogens with one attached hydrogen (secondary N) is 1. The molecule has 1 aliphatic carbocycles. The zero-order valence-corrected chi connectivity index (χ0v) is 11.4. The van der Waals surface area contributed by atoms with E-state index in [1.807, 2.05) is 0 Å². The Morgan fingerprint density at radius 1 is 1.35 bits per heavy atom. The Kier molecular flexibility index (Phi) is 6.56. The molecule has 3 N–H and O–H groups in total. The zero-order chi connectivity index (χ0) is 12.7. The molecule has 0 aliphatic heterocycles. The molecule has 1 atom stereocenters. The van der Waals surface area contributed by atoms with Gasteiger partial charge in [-0.1, -0.05) is 46.0 Å². The van der Waals surface area contributed by atoms with Gasteiger partial charge in [0.05, 0.1) is 6.04 Å². The summed E-state index contributed by atoms with van der Waals surface area (Å²) >= 11 is 0.